The van der Waals surface area contributed by atoms with Crippen molar-refractivity contribution in [2.75, 3.05) is 5.73 Å². The van der Waals surface area contributed by atoms with Gasteiger partial charge in [-0.05, 0) is 27.7 Å². The van der Waals surface area contributed by atoms with Gasteiger partial charge in [0.15, 0.2) is 0 Å². The number of ether oxygens (including phenoxy) is 1. The molecule has 11 heteroatoms. The molecule has 4 N–H and O–H groups in total. The standard InChI is InChI=1S/C10H16BN3O2.C2H2O5/c1-9(2)10(3,4)16-11(15-9)7-5-13-8(12)14-6-7;3-1(4)7-2(5)6/h5-6H,1-4H3,(H2,12,13,14);(H,3,4)(H,5,6). The molecule has 0 unspecified atom stereocenters. The van der Waals surface area contributed by atoms with E-state index < -0.39 is 19.4 Å². The van der Waals surface area contributed by atoms with Crippen LogP contribution in [0.15, 0.2) is 12.4 Å². The average molecular weight is 327 g/mol. The van der Waals surface area contributed by atoms with Crippen molar-refractivity contribution in [2.24, 2.45) is 0 Å². The molecule has 1 aromatic rings. The third-order valence-corrected chi connectivity index (χ3v) is 3.39. The Bertz CT molecular complexity index is 549. The van der Waals surface area contributed by atoms with Gasteiger partial charge in [-0.2, -0.15) is 0 Å². The third kappa shape index (κ3) is 5.07. The van der Waals surface area contributed by atoms with Crippen LogP contribution in [0.25, 0.3) is 0 Å². The molecule has 126 valence electrons. The normalized spacial score (nSPS) is 17.8. The molecular weight excluding hydrogens is 309 g/mol. The van der Waals surface area contributed by atoms with Crippen LogP contribution in [0, 0.1) is 0 Å². The minimum Gasteiger partial charge on any atom is -0.449 e. The SMILES string of the molecule is CC1(C)OB(c2cnc(N)nc2)OC1(C)C.O=C(O)OC(=O)O. The molecule has 0 bridgehead atoms. The maximum Gasteiger partial charge on any atom is 0.516 e. The highest BCUT2D eigenvalue weighted by Gasteiger charge is 2.51. The van der Waals surface area contributed by atoms with E-state index >= 15 is 0 Å². The van der Waals surface area contributed by atoms with E-state index in [0.717, 1.165) is 5.46 Å². The second-order valence-electron chi connectivity index (χ2n) is 5.60. The van der Waals surface area contributed by atoms with Gasteiger partial charge in [0.25, 0.3) is 0 Å². The second kappa shape index (κ2) is 6.79. The Morgan fingerprint density at radius 3 is 1.78 bits per heavy atom. The van der Waals surface area contributed by atoms with Crippen LogP contribution >= 0.6 is 0 Å². The Morgan fingerprint density at radius 2 is 1.48 bits per heavy atom. The van der Waals surface area contributed by atoms with E-state index in [1.54, 1.807) is 12.4 Å². The van der Waals surface area contributed by atoms with E-state index in [1.807, 2.05) is 27.7 Å². The van der Waals surface area contributed by atoms with Crippen LogP contribution in [0.2, 0.25) is 0 Å². The molecule has 23 heavy (non-hydrogen) atoms. The molecule has 1 aliphatic rings. The fourth-order valence-corrected chi connectivity index (χ4v) is 1.52. The first kappa shape index (κ1) is 18.7. The van der Waals surface area contributed by atoms with Crippen molar-refractivity contribution in [3.8, 4) is 0 Å². The lowest BCUT2D eigenvalue weighted by atomic mass is 9.81. The quantitative estimate of drug-likeness (QED) is 0.381. The van der Waals surface area contributed by atoms with Crippen LogP contribution in [0.3, 0.4) is 0 Å². The lowest BCUT2D eigenvalue weighted by Gasteiger charge is -2.32. The van der Waals surface area contributed by atoms with Crippen molar-refractivity contribution in [3.63, 3.8) is 0 Å². The molecule has 0 aromatic carbocycles. The van der Waals surface area contributed by atoms with Crippen molar-refractivity contribution in [1.82, 2.24) is 9.97 Å². The number of nitrogens with two attached hydrogens (primary N) is 1. The van der Waals surface area contributed by atoms with Gasteiger partial charge in [0, 0.05) is 17.9 Å². The number of aromatic nitrogens is 2. The smallest absolute Gasteiger partial charge is 0.449 e. The Morgan fingerprint density at radius 1 is 1.09 bits per heavy atom. The first-order valence-corrected chi connectivity index (χ1v) is 6.51. The Hall–Kier alpha value is -2.40. The number of hydrogen-bond acceptors (Lipinski definition) is 8. The molecule has 0 amide bonds. The van der Waals surface area contributed by atoms with Crippen molar-refractivity contribution in [1.29, 1.82) is 0 Å². The lowest BCUT2D eigenvalue weighted by molar-refractivity contribution is 0.00578. The van der Waals surface area contributed by atoms with E-state index in [2.05, 4.69) is 14.7 Å². The summed E-state index contributed by atoms with van der Waals surface area (Å²) >= 11 is 0. The van der Waals surface area contributed by atoms with E-state index in [0.29, 0.717) is 0 Å². The Balaban J connectivity index is 0.000000322. The monoisotopic (exact) mass is 327 g/mol. The first-order chi connectivity index (χ1) is 10.4. The van der Waals surface area contributed by atoms with Gasteiger partial charge in [0.2, 0.25) is 5.95 Å². The van der Waals surface area contributed by atoms with Crippen molar-refractivity contribution in [3.05, 3.63) is 12.4 Å². The topological polar surface area (TPSA) is 154 Å². The van der Waals surface area contributed by atoms with Gasteiger partial charge in [-0.15, -0.1) is 0 Å². The van der Waals surface area contributed by atoms with Gasteiger partial charge in [0.05, 0.1) is 11.2 Å². The molecule has 0 atom stereocenters. The largest absolute Gasteiger partial charge is 0.516 e. The lowest BCUT2D eigenvalue weighted by Crippen LogP contribution is -2.41. The molecule has 10 nitrogen and oxygen atoms in total. The molecule has 1 aliphatic heterocycles. The highest BCUT2D eigenvalue weighted by atomic mass is 16.7. The predicted octanol–water partition coefficient (Wildman–Crippen LogP) is 0.717. The third-order valence-electron chi connectivity index (χ3n) is 3.39. The average Bonchev–Trinajstić information content (AvgIpc) is 2.58. The summed E-state index contributed by atoms with van der Waals surface area (Å²) in [5.41, 5.74) is 5.52. The molecule has 1 saturated heterocycles. The van der Waals surface area contributed by atoms with E-state index in [1.165, 1.54) is 0 Å². The molecule has 0 radical (unpaired) electrons. The van der Waals surface area contributed by atoms with Crippen LogP contribution in [0.4, 0.5) is 15.5 Å². The summed E-state index contributed by atoms with van der Waals surface area (Å²) in [6.45, 7) is 8.02. The molecule has 1 fully saturated rings. The number of carbonyl (C=O) groups is 2. The minimum atomic E-state index is -1.81. The van der Waals surface area contributed by atoms with E-state index in [4.69, 9.17) is 25.3 Å². The van der Waals surface area contributed by atoms with Gasteiger partial charge in [-0.25, -0.2) is 19.6 Å². The van der Waals surface area contributed by atoms with Crippen molar-refractivity contribution >= 4 is 30.8 Å². The van der Waals surface area contributed by atoms with Crippen LogP contribution in [-0.2, 0) is 14.0 Å². The number of anilines is 1. The zero-order valence-electron chi connectivity index (χ0n) is 13.1. The second-order valence-corrected chi connectivity index (χ2v) is 5.60. The predicted molar refractivity (Wildman–Crippen MR) is 79.3 cm³/mol. The number of hydrogen-bond donors (Lipinski definition) is 3. The van der Waals surface area contributed by atoms with E-state index in [-0.39, 0.29) is 17.2 Å². The van der Waals surface area contributed by atoms with Crippen LogP contribution < -0.4 is 11.2 Å². The maximum absolute atomic E-state index is 9.21. The summed E-state index contributed by atoms with van der Waals surface area (Å²) in [5.74, 6) is 0.250. The zero-order chi connectivity index (χ0) is 17.8. The van der Waals surface area contributed by atoms with Crippen molar-refractivity contribution in [2.45, 2.75) is 38.9 Å². The minimum absolute atomic E-state index is 0.250. The summed E-state index contributed by atoms with van der Waals surface area (Å²) in [7, 11) is -0.425. The molecule has 1 aromatic heterocycles. The number of rotatable bonds is 1. The first-order valence-electron chi connectivity index (χ1n) is 6.51. The summed E-state index contributed by atoms with van der Waals surface area (Å²) in [4.78, 5) is 26.3. The maximum atomic E-state index is 9.21. The van der Waals surface area contributed by atoms with Gasteiger partial charge in [-0.1, -0.05) is 0 Å². The van der Waals surface area contributed by atoms with Crippen molar-refractivity contribution < 1.29 is 33.8 Å². The highest BCUT2D eigenvalue weighted by molar-refractivity contribution is 6.61. The molecule has 0 aliphatic carbocycles. The molecular formula is C12H18BN3O7. The highest BCUT2D eigenvalue weighted by Crippen LogP contribution is 2.36. The molecule has 2 heterocycles. The number of nitrogen functional groups attached to an aromatic ring is 1. The van der Waals surface area contributed by atoms with Gasteiger partial charge in [-0.3, -0.25) is 0 Å². The fraction of sp³-hybridized carbons (Fsp3) is 0.500. The van der Waals surface area contributed by atoms with Gasteiger partial charge >= 0.3 is 19.4 Å². The summed E-state index contributed by atoms with van der Waals surface area (Å²) in [6.07, 6.45) is -0.366. The molecule has 2 rings (SSSR count). The van der Waals surface area contributed by atoms with E-state index in [9.17, 15) is 9.59 Å². The van der Waals surface area contributed by atoms with Gasteiger partial charge < -0.3 is 30.0 Å². The zero-order valence-corrected chi connectivity index (χ0v) is 13.1. The Labute approximate surface area is 132 Å². The molecule has 0 saturated carbocycles. The summed E-state index contributed by atoms with van der Waals surface area (Å²) in [5, 5.41) is 15.0. The van der Waals surface area contributed by atoms with Crippen LogP contribution in [-0.4, -0.2) is 50.8 Å². The number of nitrogens with zero attached hydrogens (tertiary/aromatic N) is 2. The van der Waals surface area contributed by atoms with Gasteiger partial charge in [0.1, 0.15) is 0 Å². The number of carboxylic acid groups (broad SMARTS) is 2. The summed E-state index contributed by atoms with van der Waals surface area (Å²) in [6, 6.07) is 0. The molecule has 0 spiro atoms. The summed E-state index contributed by atoms with van der Waals surface area (Å²) < 4.78 is 14.8. The fourth-order valence-electron chi connectivity index (χ4n) is 1.52. The van der Waals surface area contributed by atoms with Crippen LogP contribution in [0.5, 0.6) is 0 Å². The Kier molecular flexibility index (Phi) is 5.51. The van der Waals surface area contributed by atoms with Crippen LogP contribution in [0.1, 0.15) is 27.7 Å².